The lowest BCUT2D eigenvalue weighted by molar-refractivity contribution is 0.370. The van der Waals surface area contributed by atoms with Crippen molar-refractivity contribution in [3.8, 4) is 40.0 Å². The van der Waals surface area contributed by atoms with Crippen LogP contribution in [-0.2, 0) is 5.54 Å². The molecule has 0 aliphatic rings. The lowest BCUT2D eigenvalue weighted by Crippen LogP contribution is -2.29. The zero-order valence-corrected chi connectivity index (χ0v) is 21.3. The molecule has 6 aromatic rings. The topological polar surface area (TPSA) is 132 Å². The molecular weight excluding hydrogens is 486 g/mol. The number of nitrogen functional groups attached to an aromatic ring is 1. The van der Waals surface area contributed by atoms with Crippen LogP contribution < -0.4 is 5.73 Å². The van der Waals surface area contributed by atoms with Gasteiger partial charge in [-0.1, -0.05) is 35.5 Å². The first kappa shape index (κ1) is 23.9. The molecule has 0 aliphatic carbocycles. The number of pyridine rings is 2. The van der Waals surface area contributed by atoms with E-state index in [0.717, 1.165) is 27.7 Å². The fraction of sp³-hybridized carbons (Fsp3) is 0.100. The molecule has 39 heavy (non-hydrogen) atoms. The number of rotatable bonds is 5. The molecule has 0 saturated carbocycles. The number of nitrogens with zero attached hydrogens (tertiary/aromatic N) is 8. The molecule has 4 aromatic heterocycles. The summed E-state index contributed by atoms with van der Waals surface area (Å²) >= 11 is 0. The van der Waals surface area contributed by atoms with E-state index in [9.17, 15) is 5.26 Å². The molecule has 0 atom stereocenters. The van der Waals surface area contributed by atoms with Crippen LogP contribution in [0.1, 0.15) is 25.1 Å². The highest BCUT2D eigenvalue weighted by molar-refractivity contribution is 5.88. The van der Waals surface area contributed by atoms with Crippen LogP contribution in [0.4, 0.5) is 5.82 Å². The van der Waals surface area contributed by atoms with Gasteiger partial charge in [0.25, 0.3) is 0 Å². The molecule has 9 nitrogen and oxygen atoms in total. The van der Waals surface area contributed by atoms with E-state index in [1.54, 1.807) is 35.4 Å². The molecule has 9 heteroatoms. The van der Waals surface area contributed by atoms with Crippen molar-refractivity contribution in [3.05, 3.63) is 103 Å². The summed E-state index contributed by atoms with van der Waals surface area (Å²) in [7, 11) is 0. The molecule has 0 radical (unpaired) electrons. The van der Waals surface area contributed by atoms with E-state index in [1.165, 1.54) is 0 Å². The number of anilines is 1. The third kappa shape index (κ3) is 4.34. The van der Waals surface area contributed by atoms with Crippen LogP contribution in [0.25, 0.3) is 44.8 Å². The second-order valence-corrected chi connectivity index (χ2v) is 9.58. The number of fused-ring (bicyclic) bond motifs is 1. The lowest BCUT2D eigenvalue weighted by Gasteiger charge is -2.23. The van der Waals surface area contributed by atoms with Crippen LogP contribution in [0.3, 0.4) is 0 Å². The zero-order chi connectivity index (χ0) is 27.0. The van der Waals surface area contributed by atoms with Gasteiger partial charge in [0.1, 0.15) is 16.9 Å². The minimum absolute atomic E-state index is 0.209. The van der Waals surface area contributed by atoms with Gasteiger partial charge >= 0.3 is 0 Å². The van der Waals surface area contributed by atoms with E-state index < -0.39 is 5.54 Å². The fourth-order valence-corrected chi connectivity index (χ4v) is 4.49. The van der Waals surface area contributed by atoms with Crippen molar-refractivity contribution in [1.29, 1.82) is 5.26 Å². The molecular formula is C30H23N9. The Bertz CT molecular complexity index is 1870. The van der Waals surface area contributed by atoms with Crippen molar-refractivity contribution >= 4 is 16.7 Å². The molecule has 0 bridgehead atoms. The number of nitrogens with two attached hydrogens (primary N) is 1. The molecule has 0 unspecified atom stereocenters. The molecule has 2 N–H and O–H groups in total. The summed E-state index contributed by atoms with van der Waals surface area (Å²) in [6.45, 7) is 4.03. The van der Waals surface area contributed by atoms with Gasteiger partial charge in [-0.25, -0.2) is 14.6 Å². The number of nitriles is 1. The molecule has 188 valence electrons. The second-order valence-electron chi connectivity index (χ2n) is 9.58. The summed E-state index contributed by atoms with van der Waals surface area (Å²) in [6.07, 6.45) is 5.32. The molecule has 4 heterocycles. The standard InChI is InChI=1S/C30H23N9/c1-30(2,25-10-3-4-13-34-25)39-18-24(37-38-39)28-29(32)36-27(21-8-5-7-19(15-21)17-31)26(35-28)22-11-12-23-20(16-22)9-6-14-33-23/h3-16,18H,1-2H3,(H2,32,36). The second kappa shape index (κ2) is 9.43. The summed E-state index contributed by atoms with van der Waals surface area (Å²) in [5, 5.41) is 19.2. The summed E-state index contributed by atoms with van der Waals surface area (Å²) in [5.74, 6) is 0.209. The van der Waals surface area contributed by atoms with Crippen molar-refractivity contribution in [2.45, 2.75) is 19.4 Å². The van der Waals surface area contributed by atoms with E-state index >= 15 is 0 Å². The predicted molar refractivity (Wildman–Crippen MR) is 149 cm³/mol. The monoisotopic (exact) mass is 509 g/mol. The molecule has 0 spiro atoms. The van der Waals surface area contributed by atoms with Crippen LogP contribution in [0.5, 0.6) is 0 Å². The highest BCUT2D eigenvalue weighted by Crippen LogP contribution is 2.35. The van der Waals surface area contributed by atoms with E-state index in [1.807, 2.05) is 74.5 Å². The molecule has 0 fully saturated rings. The van der Waals surface area contributed by atoms with Crippen molar-refractivity contribution < 1.29 is 0 Å². The molecule has 2 aromatic carbocycles. The van der Waals surface area contributed by atoms with Crippen molar-refractivity contribution in [2.75, 3.05) is 5.73 Å². The number of benzene rings is 2. The SMILES string of the molecule is CC(C)(c1ccccn1)n1cc(-c2nc(-c3ccc4ncccc4c3)c(-c3cccc(C#N)c3)nc2N)nn1. The van der Waals surface area contributed by atoms with Gasteiger partial charge in [0, 0.05) is 28.9 Å². The average molecular weight is 510 g/mol. The Labute approximate surface area is 224 Å². The van der Waals surface area contributed by atoms with Gasteiger partial charge in [-0.2, -0.15) is 5.26 Å². The maximum atomic E-state index is 9.47. The maximum absolute atomic E-state index is 9.47. The number of hydrogen-bond donors (Lipinski definition) is 1. The van der Waals surface area contributed by atoms with E-state index in [2.05, 4.69) is 26.3 Å². The lowest BCUT2D eigenvalue weighted by atomic mass is 10.00. The molecule has 0 aliphatic heterocycles. The van der Waals surface area contributed by atoms with Gasteiger partial charge in [0.2, 0.25) is 0 Å². The summed E-state index contributed by atoms with van der Waals surface area (Å²) in [4.78, 5) is 18.7. The predicted octanol–water partition coefficient (Wildman–Crippen LogP) is 5.25. The average Bonchev–Trinajstić information content (AvgIpc) is 3.48. The number of aromatic nitrogens is 7. The van der Waals surface area contributed by atoms with E-state index in [-0.39, 0.29) is 5.82 Å². The van der Waals surface area contributed by atoms with Crippen LogP contribution in [0.15, 0.2) is 91.4 Å². The quantitative estimate of drug-likeness (QED) is 0.333. The van der Waals surface area contributed by atoms with Gasteiger partial charge in [-0.05, 0) is 56.3 Å². The van der Waals surface area contributed by atoms with E-state index in [0.29, 0.717) is 28.3 Å². The minimum atomic E-state index is -0.555. The zero-order valence-electron chi connectivity index (χ0n) is 21.3. The van der Waals surface area contributed by atoms with Crippen molar-refractivity contribution in [1.82, 2.24) is 34.9 Å². The Balaban J connectivity index is 1.52. The number of hydrogen-bond acceptors (Lipinski definition) is 8. The first-order valence-corrected chi connectivity index (χ1v) is 12.3. The van der Waals surface area contributed by atoms with Crippen LogP contribution in [0, 0.1) is 11.3 Å². The minimum Gasteiger partial charge on any atom is -0.382 e. The smallest absolute Gasteiger partial charge is 0.152 e. The fourth-order valence-electron chi connectivity index (χ4n) is 4.49. The Morgan fingerprint density at radius 1 is 0.821 bits per heavy atom. The Morgan fingerprint density at radius 3 is 2.46 bits per heavy atom. The van der Waals surface area contributed by atoms with Gasteiger partial charge < -0.3 is 5.73 Å². The molecule has 0 amide bonds. The summed E-state index contributed by atoms with van der Waals surface area (Å²) in [6, 6.07) is 25.0. The summed E-state index contributed by atoms with van der Waals surface area (Å²) in [5.41, 5.74) is 11.8. The van der Waals surface area contributed by atoms with Gasteiger partial charge in [0.05, 0.1) is 40.4 Å². The van der Waals surface area contributed by atoms with Gasteiger partial charge in [0.15, 0.2) is 5.82 Å². The molecule has 6 rings (SSSR count). The van der Waals surface area contributed by atoms with Crippen LogP contribution in [-0.4, -0.2) is 34.9 Å². The van der Waals surface area contributed by atoms with Gasteiger partial charge in [-0.3, -0.25) is 9.97 Å². The highest BCUT2D eigenvalue weighted by Gasteiger charge is 2.27. The normalized spacial score (nSPS) is 11.4. The third-order valence-corrected chi connectivity index (χ3v) is 6.66. The third-order valence-electron chi connectivity index (χ3n) is 6.66. The van der Waals surface area contributed by atoms with Gasteiger partial charge in [-0.15, -0.1) is 5.10 Å². The maximum Gasteiger partial charge on any atom is 0.152 e. The highest BCUT2D eigenvalue weighted by atomic mass is 15.4. The first-order valence-electron chi connectivity index (χ1n) is 12.3. The summed E-state index contributed by atoms with van der Waals surface area (Å²) < 4.78 is 1.75. The van der Waals surface area contributed by atoms with Crippen molar-refractivity contribution in [3.63, 3.8) is 0 Å². The van der Waals surface area contributed by atoms with Crippen LogP contribution >= 0.6 is 0 Å². The van der Waals surface area contributed by atoms with E-state index in [4.69, 9.17) is 15.7 Å². The van der Waals surface area contributed by atoms with Crippen molar-refractivity contribution in [2.24, 2.45) is 0 Å². The Morgan fingerprint density at radius 2 is 1.64 bits per heavy atom. The molecule has 0 saturated heterocycles. The first-order chi connectivity index (χ1) is 18.9. The largest absolute Gasteiger partial charge is 0.382 e. The Hall–Kier alpha value is -5.49. The Kier molecular flexibility index (Phi) is 5.77. The van der Waals surface area contributed by atoms with Crippen LogP contribution in [0.2, 0.25) is 0 Å².